The van der Waals surface area contributed by atoms with Crippen molar-refractivity contribution < 1.29 is 4.79 Å². The van der Waals surface area contributed by atoms with Crippen molar-refractivity contribution in [2.45, 2.75) is 6.92 Å². The average molecular weight is 474 g/mol. The van der Waals surface area contributed by atoms with Gasteiger partial charge in [0.15, 0.2) is 11.3 Å². The van der Waals surface area contributed by atoms with E-state index in [0.717, 1.165) is 5.56 Å². The van der Waals surface area contributed by atoms with E-state index in [1.165, 1.54) is 4.40 Å². The molecule has 0 bridgehead atoms. The number of hydrogen-bond donors (Lipinski definition) is 3. The number of carbonyl (C=O) groups is 1. The highest BCUT2D eigenvalue weighted by molar-refractivity contribution is 7.78. The smallest absolute Gasteiger partial charge is 0.268 e. The van der Waals surface area contributed by atoms with Crippen LogP contribution in [0.25, 0.3) is 27.6 Å². The van der Waals surface area contributed by atoms with Crippen LogP contribution in [0.15, 0.2) is 59.5 Å². The molecule has 5 rings (SSSR count). The van der Waals surface area contributed by atoms with Gasteiger partial charge in [0, 0.05) is 17.6 Å². The summed E-state index contributed by atoms with van der Waals surface area (Å²) in [5.74, 6) is 0.184. The lowest BCUT2D eigenvalue weighted by Gasteiger charge is -2.15. The number of carbonyl (C=O) groups excluding carboxylic acids is 1. The molecule has 0 fully saturated rings. The van der Waals surface area contributed by atoms with Crippen molar-refractivity contribution in [3.8, 4) is 0 Å². The van der Waals surface area contributed by atoms with Gasteiger partial charge in [-0.25, -0.2) is 9.38 Å². The molecule has 10 heteroatoms. The van der Waals surface area contributed by atoms with Crippen molar-refractivity contribution in [1.29, 1.82) is 0 Å². The SMILES string of the molecule is Cc1ccc(NC(=O)CN(C)C)cc1Nc1nc2c(ccn2S)c2nc3ccccc3c(=O)n12. The first-order valence-corrected chi connectivity index (χ1v) is 11.1. The van der Waals surface area contributed by atoms with Crippen molar-refractivity contribution in [2.24, 2.45) is 0 Å². The molecule has 0 aliphatic heterocycles. The summed E-state index contributed by atoms with van der Waals surface area (Å²) in [4.78, 5) is 37.0. The molecule has 3 aromatic heterocycles. The highest BCUT2D eigenvalue weighted by Gasteiger charge is 2.17. The van der Waals surface area contributed by atoms with Crippen molar-refractivity contribution in [3.05, 3.63) is 70.6 Å². The minimum absolute atomic E-state index is 0.121. The fourth-order valence-electron chi connectivity index (χ4n) is 3.89. The monoisotopic (exact) mass is 473 g/mol. The summed E-state index contributed by atoms with van der Waals surface area (Å²) in [6.07, 6.45) is 1.76. The predicted octanol–water partition coefficient (Wildman–Crippen LogP) is 3.44. The van der Waals surface area contributed by atoms with E-state index in [4.69, 9.17) is 9.97 Å². The maximum Gasteiger partial charge on any atom is 0.268 e. The molecule has 3 heterocycles. The van der Waals surface area contributed by atoms with Crippen LogP contribution in [0.5, 0.6) is 0 Å². The van der Waals surface area contributed by atoms with Gasteiger partial charge in [-0.2, -0.15) is 4.98 Å². The summed E-state index contributed by atoms with van der Waals surface area (Å²) >= 11 is 4.46. The van der Waals surface area contributed by atoms with Crippen LogP contribution in [0.1, 0.15) is 5.56 Å². The number of para-hydroxylation sites is 1. The molecule has 0 atom stereocenters. The zero-order valence-electron chi connectivity index (χ0n) is 18.9. The maximum atomic E-state index is 13.5. The van der Waals surface area contributed by atoms with Gasteiger partial charge in [0.05, 0.1) is 22.8 Å². The Morgan fingerprint density at radius 3 is 2.65 bits per heavy atom. The Kier molecular flexibility index (Phi) is 5.46. The Balaban J connectivity index is 1.67. The first-order valence-electron chi connectivity index (χ1n) is 10.7. The number of nitrogens with one attached hydrogen (secondary N) is 2. The molecular weight excluding hydrogens is 450 g/mol. The molecule has 0 radical (unpaired) electrons. The number of benzene rings is 2. The second-order valence-electron chi connectivity index (χ2n) is 8.37. The third-order valence-corrected chi connectivity index (χ3v) is 5.83. The van der Waals surface area contributed by atoms with Gasteiger partial charge in [0.25, 0.3) is 5.56 Å². The first-order chi connectivity index (χ1) is 16.3. The van der Waals surface area contributed by atoms with Crippen LogP contribution in [0, 0.1) is 6.92 Å². The molecule has 1 amide bonds. The number of thiol groups is 1. The normalized spacial score (nSPS) is 11.6. The molecule has 5 aromatic rings. The summed E-state index contributed by atoms with van der Waals surface area (Å²) in [6.45, 7) is 2.21. The number of aromatic nitrogens is 4. The second kappa shape index (κ2) is 8.47. The van der Waals surface area contributed by atoms with Crippen LogP contribution in [0.4, 0.5) is 17.3 Å². The van der Waals surface area contributed by atoms with Gasteiger partial charge in [-0.1, -0.05) is 31.0 Å². The minimum Gasteiger partial charge on any atom is -0.325 e. The molecule has 0 spiro atoms. The number of aryl methyl sites for hydroxylation is 1. The minimum atomic E-state index is -0.225. The summed E-state index contributed by atoms with van der Waals surface area (Å²) < 4.78 is 3.07. The molecular formula is C24H23N7O2S. The quantitative estimate of drug-likeness (QED) is 0.267. The van der Waals surface area contributed by atoms with Gasteiger partial charge in [-0.15, -0.1) is 0 Å². The van der Waals surface area contributed by atoms with E-state index in [1.54, 1.807) is 21.1 Å². The van der Waals surface area contributed by atoms with E-state index in [2.05, 4.69) is 23.4 Å². The van der Waals surface area contributed by atoms with Crippen LogP contribution >= 0.6 is 12.8 Å². The summed E-state index contributed by atoms with van der Waals surface area (Å²) in [5, 5.41) is 7.39. The van der Waals surface area contributed by atoms with Crippen LogP contribution in [0.2, 0.25) is 0 Å². The lowest BCUT2D eigenvalue weighted by atomic mass is 10.1. The third kappa shape index (κ3) is 3.87. The lowest BCUT2D eigenvalue weighted by Crippen LogP contribution is -2.27. The summed E-state index contributed by atoms with van der Waals surface area (Å²) in [5.41, 5.74) is 3.70. The number of nitrogens with zero attached hydrogens (tertiary/aromatic N) is 5. The van der Waals surface area contributed by atoms with E-state index >= 15 is 0 Å². The topological polar surface area (TPSA) is 96.6 Å². The van der Waals surface area contributed by atoms with Gasteiger partial charge < -0.3 is 15.5 Å². The van der Waals surface area contributed by atoms with Crippen LogP contribution < -0.4 is 16.2 Å². The molecule has 0 aliphatic rings. The molecule has 34 heavy (non-hydrogen) atoms. The largest absolute Gasteiger partial charge is 0.325 e. The Morgan fingerprint density at radius 1 is 1.06 bits per heavy atom. The Labute approximate surface area is 200 Å². The van der Waals surface area contributed by atoms with Crippen molar-refractivity contribution in [2.75, 3.05) is 31.3 Å². The number of fused-ring (bicyclic) bond motifs is 4. The molecule has 0 saturated carbocycles. The van der Waals surface area contributed by atoms with E-state index in [9.17, 15) is 9.59 Å². The van der Waals surface area contributed by atoms with Crippen molar-refractivity contribution >= 4 is 63.6 Å². The fourth-order valence-corrected chi connectivity index (χ4v) is 4.11. The van der Waals surface area contributed by atoms with E-state index in [0.29, 0.717) is 44.9 Å². The van der Waals surface area contributed by atoms with Gasteiger partial charge in [0.1, 0.15) is 0 Å². The molecule has 172 valence electrons. The lowest BCUT2D eigenvalue weighted by molar-refractivity contribution is -0.116. The number of hydrogen-bond acceptors (Lipinski definition) is 7. The first kappa shape index (κ1) is 21.9. The number of likely N-dealkylation sites (N-methyl/N-ethyl adjacent to an activating group) is 1. The van der Waals surface area contributed by atoms with Gasteiger partial charge in [-0.3, -0.25) is 13.6 Å². The number of anilines is 3. The molecule has 9 nitrogen and oxygen atoms in total. The van der Waals surface area contributed by atoms with Gasteiger partial charge in [0.2, 0.25) is 11.9 Å². The average Bonchev–Trinajstić information content (AvgIpc) is 3.16. The van der Waals surface area contributed by atoms with E-state index < -0.39 is 0 Å². The summed E-state index contributed by atoms with van der Waals surface area (Å²) in [6, 6.07) is 14.6. The van der Waals surface area contributed by atoms with Gasteiger partial charge in [-0.05, 0) is 56.9 Å². The van der Waals surface area contributed by atoms with Gasteiger partial charge >= 0.3 is 0 Å². The van der Waals surface area contributed by atoms with E-state index in [1.807, 2.05) is 63.5 Å². The highest BCUT2D eigenvalue weighted by atomic mass is 32.1. The molecule has 0 unspecified atom stereocenters. The zero-order chi connectivity index (χ0) is 24.0. The number of amides is 1. The zero-order valence-corrected chi connectivity index (χ0v) is 19.8. The standard InChI is InChI=1S/C24H23N7O2S/c1-14-8-9-15(25-20(32)13-29(2)3)12-19(14)27-24-28-21-17(10-11-30(21)34)22-26-18-7-5-4-6-16(18)23(33)31(22)24/h4-12,34H,13H2,1-3H3,(H,25,32)(H,27,28). The fraction of sp³-hybridized carbons (Fsp3) is 0.167. The molecule has 2 N–H and O–H groups in total. The van der Waals surface area contributed by atoms with Crippen LogP contribution in [0.3, 0.4) is 0 Å². The Morgan fingerprint density at radius 2 is 1.85 bits per heavy atom. The van der Waals surface area contributed by atoms with Crippen LogP contribution in [-0.4, -0.2) is 49.8 Å². The maximum absolute atomic E-state index is 13.5. The summed E-state index contributed by atoms with van der Waals surface area (Å²) in [7, 11) is 3.67. The van der Waals surface area contributed by atoms with E-state index in [-0.39, 0.29) is 18.0 Å². The number of rotatable bonds is 5. The Bertz CT molecular complexity index is 1640. The van der Waals surface area contributed by atoms with Crippen molar-refractivity contribution in [1.82, 2.24) is 23.2 Å². The van der Waals surface area contributed by atoms with Crippen molar-refractivity contribution in [3.63, 3.8) is 0 Å². The molecule has 2 aromatic carbocycles. The molecule has 0 aliphatic carbocycles. The highest BCUT2D eigenvalue weighted by Crippen LogP contribution is 2.27. The van der Waals surface area contributed by atoms with Crippen LogP contribution in [-0.2, 0) is 4.79 Å². The third-order valence-electron chi connectivity index (χ3n) is 5.51. The Hall–Kier alpha value is -3.89. The second-order valence-corrected chi connectivity index (χ2v) is 8.80. The molecule has 0 saturated heterocycles. The predicted molar refractivity (Wildman–Crippen MR) is 138 cm³/mol.